The fraction of sp³-hybridized carbons (Fsp3) is 0.543. The van der Waals surface area contributed by atoms with Crippen LogP contribution in [0.15, 0.2) is 60.2 Å². The van der Waals surface area contributed by atoms with Gasteiger partial charge in [-0.2, -0.15) is 0 Å². The summed E-state index contributed by atoms with van der Waals surface area (Å²) in [5.74, 6) is -1.90. The number of carbonyl (C=O) groups excluding carboxylic acids is 3. The Morgan fingerprint density at radius 1 is 1.00 bits per heavy atom. The molecule has 0 radical (unpaired) electrons. The minimum Gasteiger partial charge on any atom is -0.496 e. The highest BCUT2D eigenvalue weighted by molar-refractivity contribution is 5.95. The van der Waals surface area contributed by atoms with E-state index >= 15 is 4.79 Å². The van der Waals surface area contributed by atoms with E-state index in [1.807, 2.05) is 30.1 Å². The van der Waals surface area contributed by atoms with Gasteiger partial charge in [-0.25, -0.2) is 4.79 Å². The molecular formula is C46H56N4O8. The Bertz CT molecular complexity index is 2270. The number of likely N-dealkylation sites (N-methyl/N-ethyl adjacent to an activating group) is 1. The summed E-state index contributed by atoms with van der Waals surface area (Å²) in [6, 6.07) is 11.4. The number of aromatic amines is 1. The highest BCUT2D eigenvalue weighted by Gasteiger charge is 2.79. The first-order chi connectivity index (χ1) is 27.9. The van der Waals surface area contributed by atoms with Crippen molar-refractivity contribution in [2.24, 2.45) is 17.3 Å². The van der Waals surface area contributed by atoms with Crippen LogP contribution in [0.4, 0.5) is 5.69 Å². The number of benzene rings is 2. The molecule has 12 heteroatoms. The van der Waals surface area contributed by atoms with Crippen LogP contribution < -0.4 is 9.64 Å². The number of anilines is 1. The molecule has 308 valence electrons. The van der Waals surface area contributed by atoms with Crippen molar-refractivity contribution in [2.75, 3.05) is 66.1 Å². The van der Waals surface area contributed by atoms with E-state index in [0.717, 1.165) is 59.5 Å². The van der Waals surface area contributed by atoms with Gasteiger partial charge in [-0.1, -0.05) is 55.8 Å². The van der Waals surface area contributed by atoms with Crippen LogP contribution in [0.1, 0.15) is 68.8 Å². The predicted octanol–water partition coefficient (Wildman–Crippen LogP) is 5.00. The zero-order valence-electron chi connectivity index (χ0n) is 34.7. The molecule has 1 saturated carbocycles. The number of rotatable bonds is 8. The van der Waals surface area contributed by atoms with Crippen molar-refractivity contribution in [3.05, 3.63) is 82.6 Å². The van der Waals surface area contributed by atoms with Gasteiger partial charge in [0.05, 0.1) is 34.0 Å². The maximum absolute atomic E-state index is 15.2. The van der Waals surface area contributed by atoms with Crippen LogP contribution in [0.2, 0.25) is 0 Å². The largest absolute Gasteiger partial charge is 0.496 e. The van der Waals surface area contributed by atoms with Crippen molar-refractivity contribution < 1.29 is 38.4 Å². The SMILES string of the molecule is CCC1=CC2CN(C1)Cc1c([nH]c3ccccc13)[C@@](C(=O)OC)(c1cc3c(cc1OC)N(C)C1[C@]34CCN3CC=CC(CC)(C34)[C@@H](COC(C)=O)[C@]1(O)C(=O)OC)C2. The normalized spacial score (nSPS) is 34.5. The summed E-state index contributed by atoms with van der Waals surface area (Å²) in [5.41, 5.74) is 1.58. The number of nitrogens with zero attached hydrogens (tertiary/aromatic N) is 3. The predicted molar refractivity (Wildman–Crippen MR) is 219 cm³/mol. The maximum Gasteiger partial charge on any atom is 0.340 e. The van der Waals surface area contributed by atoms with E-state index in [1.165, 1.54) is 26.7 Å². The molecule has 0 amide bonds. The first-order valence-electron chi connectivity index (χ1n) is 20.8. The Balaban J connectivity index is 1.36. The number of nitrogens with one attached hydrogen (secondary N) is 1. The molecule has 2 N–H and O–H groups in total. The van der Waals surface area contributed by atoms with Gasteiger partial charge in [0.15, 0.2) is 5.60 Å². The monoisotopic (exact) mass is 792 g/mol. The second kappa shape index (κ2) is 13.7. The van der Waals surface area contributed by atoms with Crippen LogP contribution >= 0.6 is 0 Å². The van der Waals surface area contributed by atoms with E-state index in [1.54, 1.807) is 7.11 Å². The van der Waals surface area contributed by atoms with E-state index < -0.39 is 45.7 Å². The third-order valence-electron chi connectivity index (χ3n) is 15.2. The molecule has 6 heterocycles. The van der Waals surface area contributed by atoms with Gasteiger partial charge in [-0.3, -0.25) is 19.4 Å². The van der Waals surface area contributed by atoms with Crippen molar-refractivity contribution in [3.63, 3.8) is 0 Å². The Kier molecular flexibility index (Phi) is 9.18. The molecule has 5 aliphatic heterocycles. The minimum atomic E-state index is -2.10. The number of fused-ring (bicyclic) bond motifs is 6. The Labute approximate surface area is 340 Å². The smallest absolute Gasteiger partial charge is 0.340 e. The summed E-state index contributed by atoms with van der Waals surface area (Å²) >= 11 is 0. The number of para-hydroxylation sites is 1. The van der Waals surface area contributed by atoms with Gasteiger partial charge < -0.3 is 33.9 Å². The zero-order chi connectivity index (χ0) is 40.9. The Morgan fingerprint density at radius 3 is 2.48 bits per heavy atom. The third kappa shape index (κ3) is 4.94. The number of aromatic nitrogens is 1. The standard InChI is InChI=1S/C46H56N4O8/c1-8-28-19-29-22-45(41(52)56-6,38-31(25-49(23-28)24-29)30-13-10-11-14-34(30)47-38)33-20-32-35(21-36(33)55-5)48(4)40-44(32)16-18-50-17-12-15-43(9-2,39(44)50)37(26-58-27(3)51)46(40,54)42(53)57-7/h10-15,19-21,29,37,39-40,47,54H,8-9,16-18,22-26H2,1-7H3/t29?,37-,39?,40?,43?,44-,45+,46-/m1/s1. The van der Waals surface area contributed by atoms with E-state index in [2.05, 4.69) is 65.1 Å². The molecule has 6 aliphatic rings. The molecule has 12 nitrogen and oxygen atoms in total. The molecule has 1 aliphatic carbocycles. The number of aliphatic hydroxyl groups is 1. The van der Waals surface area contributed by atoms with Gasteiger partial charge in [0.25, 0.3) is 0 Å². The number of esters is 3. The number of hydrogen-bond acceptors (Lipinski definition) is 11. The first kappa shape index (κ1) is 38.8. The molecule has 58 heavy (non-hydrogen) atoms. The second-order valence-corrected chi connectivity index (χ2v) is 17.5. The van der Waals surface area contributed by atoms with E-state index in [9.17, 15) is 14.7 Å². The quantitative estimate of drug-likeness (QED) is 0.182. The van der Waals surface area contributed by atoms with Crippen LogP contribution in [0.25, 0.3) is 10.9 Å². The van der Waals surface area contributed by atoms with Crippen molar-refractivity contribution in [3.8, 4) is 5.75 Å². The summed E-state index contributed by atoms with van der Waals surface area (Å²) in [6.45, 7) is 9.22. The molecule has 1 aromatic heterocycles. The fourth-order valence-corrected chi connectivity index (χ4v) is 13.2. The fourth-order valence-electron chi connectivity index (χ4n) is 13.2. The Hall–Kier alpha value is -4.65. The summed E-state index contributed by atoms with van der Waals surface area (Å²) in [5, 5.41) is 14.5. The third-order valence-corrected chi connectivity index (χ3v) is 15.2. The highest BCUT2D eigenvalue weighted by Crippen LogP contribution is 2.69. The van der Waals surface area contributed by atoms with Gasteiger partial charge >= 0.3 is 17.9 Å². The zero-order valence-corrected chi connectivity index (χ0v) is 34.7. The Morgan fingerprint density at radius 2 is 1.78 bits per heavy atom. The number of hydrogen-bond donors (Lipinski definition) is 2. The molecule has 2 aromatic carbocycles. The van der Waals surface area contributed by atoms with Crippen LogP contribution in [-0.4, -0.2) is 117 Å². The maximum atomic E-state index is 15.2. The highest BCUT2D eigenvalue weighted by atomic mass is 16.5. The molecular weight excluding hydrogens is 737 g/mol. The van der Waals surface area contributed by atoms with E-state index in [0.29, 0.717) is 43.7 Å². The van der Waals surface area contributed by atoms with Crippen LogP contribution in [-0.2, 0) is 46.0 Å². The first-order valence-corrected chi connectivity index (χ1v) is 20.8. The van der Waals surface area contributed by atoms with Gasteiger partial charge in [0.2, 0.25) is 0 Å². The van der Waals surface area contributed by atoms with E-state index in [4.69, 9.17) is 18.9 Å². The average molecular weight is 793 g/mol. The lowest BCUT2D eigenvalue weighted by atomic mass is 9.45. The number of H-pyrrole nitrogens is 1. The minimum absolute atomic E-state index is 0.0354. The molecule has 9 rings (SSSR count). The number of carbonyl (C=O) groups is 3. The van der Waals surface area contributed by atoms with Gasteiger partial charge in [-0.15, -0.1) is 0 Å². The summed E-state index contributed by atoms with van der Waals surface area (Å²) in [6.07, 6.45) is 9.22. The molecule has 1 saturated heterocycles. The average Bonchev–Trinajstić information content (AvgIpc) is 3.88. The molecule has 3 aromatic rings. The van der Waals surface area contributed by atoms with E-state index in [-0.39, 0.29) is 24.5 Å². The van der Waals surface area contributed by atoms with Crippen molar-refractivity contribution in [1.29, 1.82) is 0 Å². The van der Waals surface area contributed by atoms with Crippen LogP contribution in [0.5, 0.6) is 5.75 Å². The van der Waals surface area contributed by atoms with Gasteiger partial charge in [0, 0.05) is 96.9 Å². The lowest BCUT2D eigenvalue weighted by molar-refractivity contribution is -0.208. The van der Waals surface area contributed by atoms with Gasteiger partial charge in [-0.05, 0) is 61.4 Å². The summed E-state index contributed by atoms with van der Waals surface area (Å²) < 4.78 is 23.6. The van der Waals surface area contributed by atoms with Crippen LogP contribution in [0.3, 0.4) is 0 Å². The van der Waals surface area contributed by atoms with Gasteiger partial charge in [0.1, 0.15) is 11.2 Å². The molecule has 1 spiro atoms. The topological polar surface area (TPSA) is 134 Å². The number of ether oxygens (including phenoxy) is 4. The summed E-state index contributed by atoms with van der Waals surface area (Å²) in [7, 11) is 6.32. The second-order valence-electron chi connectivity index (χ2n) is 17.5. The molecule has 2 fully saturated rings. The number of methoxy groups -OCH3 is 3. The molecule has 2 bridgehead atoms. The van der Waals surface area contributed by atoms with Crippen LogP contribution in [0, 0.1) is 17.3 Å². The lowest BCUT2D eigenvalue weighted by Crippen LogP contribution is -2.79. The summed E-state index contributed by atoms with van der Waals surface area (Å²) in [4.78, 5) is 52.9. The molecule has 9 atom stereocenters. The lowest BCUT2D eigenvalue weighted by Gasteiger charge is -2.64. The van der Waals surface area contributed by atoms with Crippen molar-refractivity contribution in [1.82, 2.24) is 14.8 Å². The molecule has 5 unspecified atom stereocenters. The van der Waals surface area contributed by atoms with Crippen molar-refractivity contribution in [2.45, 2.75) is 81.5 Å². The van der Waals surface area contributed by atoms with Crippen molar-refractivity contribution >= 4 is 34.5 Å².